The summed E-state index contributed by atoms with van der Waals surface area (Å²) in [5.74, 6) is 0.209. The summed E-state index contributed by atoms with van der Waals surface area (Å²) in [5.41, 5.74) is 2.19. The number of carbonyl (C=O) groups excluding carboxylic acids is 1. The van der Waals surface area contributed by atoms with E-state index in [-0.39, 0.29) is 0 Å². The molecular formula is C11H14N4O2. The standard InChI is InChI=1S/C11H14N4O2/c1-4-8-7(6-15(2)14-8)10-12-5-9(13-10)11(16)17-3/h5-6H,4H2,1-3H3,(H,12,13). The van der Waals surface area contributed by atoms with Gasteiger partial charge in [-0.15, -0.1) is 0 Å². The van der Waals surface area contributed by atoms with Crippen LogP contribution in [-0.4, -0.2) is 32.8 Å². The van der Waals surface area contributed by atoms with Crippen LogP contribution < -0.4 is 0 Å². The minimum atomic E-state index is -0.425. The van der Waals surface area contributed by atoms with E-state index >= 15 is 0 Å². The smallest absolute Gasteiger partial charge is 0.356 e. The van der Waals surface area contributed by atoms with Crippen molar-refractivity contribution in [2.24, 2.45) is 7.05 Å². The third kappa shape index (κ3) is 2.06. The Kier molecular flexibility index (Phi) is 2.95. The molecule has 0 fully saturated rings. The Hall–Kier alpha value is -2.11. The van der Waals surface area contributed by atoms with Gasteiger partial charge in [-0.3, -0.25) is 4.68 Å². The van der Waals surface area contributed by atoms with Crippen molar-refractivity contribution in [2.75, 3.05) is 7.11 Å². The van der Waals surface area contributed by atoms with Crippen LogP contribution in [0.1, 0.15) is 23.1 Å². The molecule has 2 aromatic heterocycles. The first-order valence-electron chi connectivity index (χ1n) is 5.32. The van der Waals surface area contributed by atoms with Gasteiger partial charge in [-0.25, -0.2) is 9.78 Å². The number of nitrogens with zero attached hydrogens (tertiary/aromatic N) is 3. The number of hydrogen-bond donors (Lipinski definition) is 1. The van der Waals surface area contributed by atoms with Gasteiger partial charge in [0, 0.05) is 13.2 Å². The number of aryl methyl sites for hydroxylation is 2. The highest BCUT2D eigenvalue weighted by atomic mass is 16.5. The van der Waals surface area contributed by atoms with Crippen LogP contribution in [0.4, 0.5) is 0 Å². The lowest BCUT2D eigenvalue weighted by Crippen LogP contribution is -2.01. The van der Waals surface area contributed by atoms with E-state index < -0.39 is 5.97 Å². The van der Waals surface area contributed by atoms with Crippen molar-refractivity contribution in [1.82, 2.24) is 19.7 Å². The van der Waals surface area contributed by atoms with Gasteiger partial charge in [0.05, 0.1) is 24.6 Å². The first kappa shape index (κ1) is 11.4. The first-order chi connectivity index (χ1) is 8.15. The van der Waals surface area contributed by atoms with Crippen LogP contribution in [0.25, 0.3) is 11.4 Å². The highest BCUT2D eigenvalue weighted by molar-refractivity contribution is 5.87. The average molecular weight is 234 g/mol. The van der Waals surface area contributed by atoms with Gasteiger partial charge in [-0.1, -0.05) is 6.92 Å². The third-order valence-electron chi connectivity index (χ3n) is 2.48. The van der Waals surface area contributed by atoms with Crippen molar-refractivity contribution in [3.63, 3.8) is 0 Å². The van der Waals surface area contributed by atoms with Gasteiger partial charge in [-0.2, -0.15) is 5.10 Å². The summed E-state index contributed by atoms with van der Waals surface area (Å²) in [6, 6.07) is 0. The molecule has 17 heavy (non-hydrogen) atoms. The predicted molar refractivity (Wildman–Crippen MR) is 61.5 cm³/mol. The average Bonchev–Trinajstić information content (AvgIpc) is 2.93. The SMILES string of the molecule is CCc1nn(C)cc1-c1ncc(C(=O)OC)[nH]1. The lowest BCUT2D eigenvalue weighted by molar-refractivity contribution is 0.0595. The summed E-state index contributed by atoms with van der Waals surface area (Å²) in [6.07, 6.45) is 4.15. The van der Waals surface area contributed by atoms with Gasteiger partial charge in [0.1, 0.15) is 11.5 Å². The first-order valence-corrected chi connectivity index (χ1v) is 5.32. The van der Waals surface area contributed by atoms with E-state index in [2.05, 4.69) is 19.8 Å². The molecule has 0 amide bonds. The van der Waals surface area contributed by atoms with E-state index in [0.717, 1.165) is 17.7 Å². The fourth-order valence-electron chi connectivity index (χ4n) is 1.67. The molecule has 0 radical (unpaired) electrons. The Morgan fingerprint density at radius 1 is 1.59 bits per heavy atom. The second kappa shape index (κ2) is 4.40. The molecule has 0 aliphatic carbocycles. The maximum atomic E-state index is 11.3. The predicted octanol–water partition coefficient (Wildman–Crippen LogP) is 1.16. The molecule has 2 aromatic rings. The Labute approximate surface area is 98.6 Å². The third-order valence-corrected chi connectivity index (χ3v) is 2.48. The van der Waals surface area contributed by atoms with Crippen LogP contribution in [0, 0.1) is 0 Å². The number of ether oxygens (including phenoxy) is 1. The van der Waals surface area contributed by atoms with Crippen LogP contribution in [0.15, 0.2) is 12.4 Å². The number of nitrogens with one attached hydrogen (secondary N) is 1. The molecule has 0 aromatic carbocycles. The minimum Gasteiger partial charge on any atom is -0.464 e. The van der Waals surface area contributed by atoms with Gasteiger partial charge in [-0.05, 0) is 6.42 Å². The molecule has 0 aliphatic heterocycles. The molecular weight excluding hydrogens is 220 g/mol. The zero-order chi connectivity index (χ0) is 12.4. The topological polar surface area (TPSA) is 72.8 Å². The molecule has 2 rings (SSSR count). The largest absolute Gasteiger partial charge is 0.464 e. The van der Waals surface area contributed by atoms with Gasteiger partial charge in [0.25, 0.3) is 0 Å². The molecule has 0 saturated carbocycles. The van der Waals surface area contributed by atoms with E-state index in [1.165, 1.54) is 13.3 Å². The zero-order valence-corrected chi connectivity index (χ0v) is 10.0. The van der Waals surface area contributed by atoms with E-state index in [4.69, 9.17) is 0 Å². The second-order valence-corrected chi connectivity index (χ2v) is 3.65. The number of aromatic amines is 1. The lowest BCUT2D eigenvalue weighted by Gasteiger charge is -1.95. The molecule has 0 aliphatic rings. The van der Waals surface area contributed by atoms with Crippen molar-refractivity contribution in [1.29, 1.82) is 0 Å². The monoisotopic (exact) mass is 234 g/mol. The van der Waals surface area contributed by atoms with E-state index in [1.54, 1.807) is 4.68 Å². The number of methoxy groups -OCH3 is 1. The molecule has 0 spiro atoms. The van der Waals surface area contributed by atoms with Gasteiger partial charge < -0.3 is 9.72 Å². The van der Waals surface area contributed by atoms with Crippen molar-refractivity contribution < 1.29 is 9.53 Å². The molecule has 1 N–H and O–H groups in total. The van der Waals surface area contributed by atoms with Gasteiger partial charge in [0.15, 0.2) is 0 Å². The normalized spacial score (nSPS) is 10.5. The number of carbonyl (C=O) groups is 1. The second-order valence-electron chi connectivity index (χ2n) is 3.65. The summed E-state index contributed by atoms with van der Waals surface area (Å²) in [4.78, 5) is 18.4. The van der Waals surface area contributed by atoms with E-state index in [1.807, 2.05) is 20.2 Å². The highest BCUT2D eigenvalue weighted by Gasteiger charge is 2.14. The van der Waals surface area contributed by atoms with Crippen LogP contribution in [0.3, 0.4) is 0 Å². The Bertz CT molecular complexity index is 541. The molecule has 0 saturated heterocycles. The molecule has 6 nitrogen and oxygen atoms in total. The minimum absolute atomic E-state index is 0.341. The molecule has 6 heteroatoms. The molecule has 90 valence electrons. The fraction of sp³-hybridized carbons (Fsp3) is 0.364. The van der Waals surface area contributed by atoms with E-state index in [9.17, 15) is 4.79 Å². The van der Waals surface area contributed by atoms with Crippen molar-refractivity contribution >= 4 is 5.97 Å². The lowest BCUT2D eigenvalue weighted by atomic mass is 10.2. The summed E-state index contributed by atoms with van der Waals surface area (Å²) < 4.78 is 6.35. The molecule has 0 bridgehead atoms. The number of imidazole rings is 1. The molecule has 2 heterocycles. The summed E-state index contributed by atoms with van der Waals surface area (Å²) in [6.45, 7) is 2.02. The summed E-state index contributed by atoms with van der Waals surface area (Å²) in [5, 5.41) is 4.32. The van der Waals surface area contributed by atoms with Crippen LogP contribution in [0.2, 0.25) is 0 Å². The fourth-order valence-corrected chi connectivity index (χ4v) is 1.67. The zero-order valence-electron chi connectivity index (χ0n) is 10.0. The summed E-state index contributed by atoms with van der Waals surface area (Å²) >= 11 is 0. The highest BCUT2D eigenvalue weighted by Crippen LogP contribution is 2.20. The number of H-pyrrole nitrogens is 1. The Morgan fingerprint density at radius 2 is 2.35 bits per heavy atom. The van der Waals surface area contributed by atoms with Crippen molar-refractivity contribution in [3.05, 3.63) is 23.8 Å². The van der Waals surface area contributed by atoms with Crippen molar-refractivity contribution in [3.8, 4) is 11.4 Å². The van der Waals surface area contributed by atoms with Crippen molar-refractivity contribution in [2.45, 2.75) is 13.3 Å². The number of rotatable bonds is 3. The number of hydrogen-bond acceptors (Lipinski definition) is 4. The Morgan fingerprint density at radius 3 is 3.00 bits per heavy atom. The Balaban J connectivity index is 2.39. The number of esters is 1. The van der Waals surface area contributed by atoms with Gasteiger partial charge >= 0.3 is 5.97 Å². The van der Waals surface area contributed by atoms with Gasteiger partial charge in [0.2, 0.25) is 0 Å². The maximum absolute atomic E-state index is 11.3. The van der Waals surface area contributed by atoms with Crippen LogP contribution >= 0.6 is 0 Å². The molecule has 0 atom stereocenters. The maximum Gasteiger partial charge on any atom is 0.356 e. The molecule has 0 unspecified atom stereocenters. The van der Waals surface area contributed by atoms with Crippen LogP contribution in [-0.2, 0) is 18.2 Å². The van der Waals surface area contributed by atoms with Crippen LogP contribution in [0.5, 0.6) is 0 Å². The van der Waals surface area contributed by atoms with E-state index in [0.29, 0.717) is 11.5 Å². The number of aromatic nitrogens is 4. The quantitative estimate of drug-likeness (QED) is 0.809. The summed E-state index contributed by atoms with van der Waals surface area (Å²) in [7, 11) is 3.19.